The molecule has 4 heteroatoms. The predicted molar refractivity (Wildman–Crippen MR) is 90.0 cm³/mol. The van der Waals surface area contributed by atoms with Gasteiger partial charge in [0, 0.05) is 12.1 Å². The molecule has 0 saturated heterocycles. The van der Waals surface area contributed by atoms with Gasteiger partial charge in [-0.3, -0.25) is 0 Å². The number of benzene rings is 2. The highest BCUT2D eigenvalue weighted by molar-refractivity contribution is 5.80. The molecule has 3 rings (SSSR count). The third kappa shape index (κ3) is 2.97. The molecule has 0 atom stereocenters. The molecule has 114 valence electrons. The first-order chi connectivity index (χ1) is 10.6. The highest BCUT2D eigenvalue weighted by atomic mass is 16.3. The first-order valence-electron chi connectivity index (χ1n) is 7.54. The van der Waals surface area contributed by atoms with E-state index in [0.29, 0.717) is 0 Å². The smallest absolute Gasteiger partial charge is 0.141 e. The van der Waals surface area contributed by atoms with Crippen molar-refractivity contribution in [2.24, 2.45) is 0 Å². The highest BCUT2D eigenvalue weighted by Crippen LogP contribution is 2.26. The molecule has 0 unspecified atom stereocenters. The van der Waals surface area contributed by atoms with Crippen LogP contribution in [0.1, 0.15) is 6.42 Å². The van der Waals surface area contributed by atoms with Crippen molar-refractivity contribution in [2.45, 2.75) is 13.0 Å². The number of nitrogens with zero attached hydrogens (tertiary/aromatic N) is 3. The number of hydrogen-bond donors (Lipinski definition) is 1. The van der Waals surface area contributed by atoms with Gasteiger partial charge in [0.15, 0.2) is 0 Å². The van der Waals surface area contributed by atoms with E-state index in [1.165, 1.54) is 0 Å². The van der Waals surface area contributed by atoms with Crippen molar-refractivity contribution in [1.82, 2.24) is 14.5 Å². The van der Waals surface area contributed by atoms with Crippen molar-refractivity contribution in [3.05, 3.63) is 48.5 Å². The number of hydrogen-bond acceptors (Lipinski definition) is 3. The Morgan fingerprint density at radius 2 is 1.77 bits per heavy atom. The van der Waals surface area contributed by atoms with Crippen LogP contribution in [0.25, 0.3) is 22.4 Å². The molecule has 22 heavy (non-hydrogen) atoms. The predicted octanol–water partition coefficient (Wildman–Crippen LogP) is 3.36. The van der Waals surface area contributed by atoms with Gasteiger partial charge >= 0.3 is 0 Å². The minimum Gasteiger partial charge on any atom is -0.508 e. The standard InChI is InChI=1S/C18H21N3O/c1-20(2)12-5-13-21-17-7-4-3-6-16(17)19-18(21)14-8-10-15(22)11-9-14/h3-4,6-11,22H,5,12-13H2,1-2H3. The quantitative estimate of drug-likeness (QED) is 0.784. The van der Waals surface area contributed by atoms with Crippen molar-refractivity contribution in [3.8, 4) is 17.1 Å². The second kappa shape index (κ2) is 6.20. The maximum atomic E-state index is 9.48. The molecule has 0 amide bonds. The van der Waals surface area contributed by atoms with E-state index in [1.54, 1.807) is 12.1 Å². The lowest BCUT2D eigenvalue weighted by atomic mass is 10.2. The summed E-state index contributed by atoms with van der Waals surface area (Å²) in [7, 11) is 4.18. The molecule has 1 aromatic heterocycles. The Balaban J connectivity index is 2.02. The van der Waals surface area contributed by atoms with Gasteiger partial charge in [-0.25, -0.2) is 4.98 Å². The summed E-state index contributed by atoms with van der Waals surface area (Å²) in [4.78, 5) is 6.97. The minimum absolute atomic E-state index is 0.277. The number of fused-ring (bicyclic) bond motifs is 1. The summed E-state index contributed by atoms with van der Waals surface area (Å²) in [5.41, 5.74) is 3.19. The molecule has 0 fully saturated rings. The van der Waals surface area contributed by atoms with Crippen molar-refractivity contribution >= 4 is 11.0 Å². The molecule has 0 saturated carbocycles. The van der Waals surface area contributed by atoms with Crippen molar-refractivity contribution < 1.29 is 5.11 Å². The molecule has 0 radical (unpaired) electrons. The lowest BCUT2D eigenvalue weighted by Gasteiger charge is -2.12. The average molecular weight is 295 g/mol. The molecule has 0 spiro atoms. The summed E-state index contributed by atoms with van der Waals surface area (Å²) >= 11 is 0. The molecule has 0 aliphatic heterocycles. The zero-order chi connectivity index (χ0) is 15.5. The number of aromatic hydroxyl groups is 1. The Hall–Kier alpha value is -2.33. The van der Waals surface area contributed by atoms with Gasteiger partial charge in [-0.1, -0.05) is 12.1 Å². The second-order valence-electron chi connectivity index (χ2n) is 5.78. The SMILES string of the molecule is CN(C)CCCn1c(-c2ccc(O)cc2)nc2ccccc21. The van der Waals surface area contributed by atoms with Gasteiger partial charge in [-0.05, 0) is 63.5 Å². The van der Waals surface area contributed by atoms with Gasteiger partial charge in [-0.15, -0.1) is 0 Å². The Kier molecular flexibility index (Phi) is 4.11. The Morgan fingerprint density at radius 3 is 2.50 bits per heavy atom. The molecule has 3 aromatic rings. The number of phenolic OH excluding ortho intramolecular Hbond substituents is 1. The molecule has 4 nitrogen and oxygen atoms in total. The fourth-order valence-electron chi connectivity index (χ4n) is 2.68. The van der Waals surface area contributed by atoms with E-state index in [-0.39, 0.29) is 5.75 Å². The van der Waals surface area contributed by atoms with Gasteiger partial charge < -0.3 is 14.6 Å². The van der Waals surface area contributed by atoms with Crippen LogP contribution in [-0.4, -0.2) is 40.2 Å². The molecule has 0 aliphatic rings. The number of phenols is 1. The third-order valence-corrected chi connectivity index (χ3v) is 3.77. The fraction of sp³-hybridized carbons (Fsp3) is 0.278. The van der Waals surface area contributed by atoms with Crippen LogP contribution in [0.4, 0.5) is 0 Å². The fourth-order valence-corrected chi connectivity index (χ4v) is 2.68. The number of imidazole rings is 1. The van der Waals surface area contributed by atoms with Gasteiger partial charge in [-0.2, -0.15) is 0 Å². The van der Waals surface area contributed by atoms with E-state index in [0.717, 1.165) is 41.9 Å². The Morgan fingerprint density at radius 1 is 1.05 bits per heavy atom. The van der Waals surface area contributed by atoms with Crippen LogP contribution in [0, 0.1) is 0 Å². The summed E-state index contributed by atoms with van der Waals surface area (Å²) < 4.78 is 2.27. The molecule has 0 aliphatic carbocycles. The summed E-state index contributed by atoms with van der Waals surface area (Å²) in [6.07, 6.45) is 1.07. The van der Waals surface area contributed by atoms with E-state index in [1.807, 2.05) is 30.3 Å². The lowest BCUT2D eigenvalue weighted by molar-refractivity contribution is 0.388. The van der Waals surface area contributed by atoms with E-state index < -0.39 is 0 Å². The normalized spacial score (nSPS) is 11.4. The van der Waals surface area contributed by atoms with Crippen molar-refractivity contribution in [1.29, 1.82) is 0 Å². The summed E-state index contributed by atoms with van der Waals surface area (Å²) in [5.74, 6) is 1.24. The van der Waals surface area contributed by atoms with Crippen LogP contribution in [0.2, 0.25) is 0 Å². The molecular formula is C18H21N3O. The molecule has 0 bridgehead atoms. The van der Waals surface area contributed by atoms with Gasteiger partial charge in [0.2, 0.25) is 0 Å². The molecule has 1 heterocycles. The average Bonchev–Trinajstić information content (AvgIpc) is 2.87. The summed E-state index contributed by atoms with van der Waals surface area (Å²) in [5, 5.41) is 9.48. The lowest BCUT2D eigenvalue weighted by Crippen LogP contribution is -2.15. The van der Waals surface area contributed by atoms with Crippen LogP contribution in [-0.2, 0) is 6.54 Å². The minimum atomic E-state index is 0.277. The first-order valence-corrected chi connectivity index (χ1v) is 7.54. The summed E-state index contributed by atoms with van der Waals surface area (Å²) in [6, 6.07) is 15.5. The molecule has 1 N–H and O–H groups in total. The van der Waals surface area contributed by atoms with Crippen LogP contribution < -0.4 is 0 Å². The summed E-state index contributed by atoms with van der Waals surface area (Å²) in [6.45, 7) is 1.97. The Labute approximate surface area is 130 Å². The van der Waals surface area contributed by atoms with E-state index in [9.17, 15) is 5.11 Å². The number of aromatic nitrogens is 2. The van der Waals surface area contributed by atoms with Crippen LogP contribution >= 0.6 is 0 Å². The third-order valence-electron chi connectivity index (χ3n) is 3.77. The maximum absolute atomic E-state index is 9.48. The highest BCUT2D eigenvalue weighted by Gasteiger charge is 2.12. The Bertz CT molecular complexity index is 760. The van der Waals surface area contributed by atoms with Crippen LogP contribution in [0.3, 0.4) is 0 Å². The van der Waals surface area contributed by atoms with Crippen LogP contribution in [0.15, 0.2) is 48.5 Å². The van der Waals surface area contributed by atoms with E-state index >= 15 is 0 Å². The number of rotatable bonds is 5. The van der Waals surface area contributed by atoms with Gasteiger partial charge in [0.25, 0.3) is 0 Å². The van der Waals surface area contributed by atoms with E-state index in [4.69, 9.17) is 4.98 Å². The number of para-hydroxylation sites is 2. The van der Waals surface area contributed by atoms with Crippen molar-refractivity contribution in [2.75, 3.05) is 20.6 Å². The maximum Gasteiger partial charge on any atom is 0.141 e. The molecule has 2 aromatic carbocycles. The van der Waals surface area contributed by atoms with E-state index in [2.05, 4.69) is 29.6 Å². The zero-order valence-electron chi connectivity index (χ0n) is 13.0. The largest absolute Gasteiger partial charge is 0.508 e. The molecular weight excluding hydrogens is 274 g/mol. The number of aryl methyl sites for hydroxylation is 1. The van der Waals surface area contributed by atoms with Crippen LogP contribution in [0.5, 0.6) is 5.75 Å². The zero-order valence-corrected chi connectivity index (χ0v) is 13.0. The second-order valence-corrected chi connectivity index (χ2v) is 5.78. The topological polar surface area (TPSA) is 41.3 Å². The van der Waals surface area contributed by atoms with Gasteiger partial charge in [0.05, 0.1) is 11.0 Å². The van der Waals surface area contributed by atoms with Gasteiger partial charge in [0.1, 0.15) is 11.6 Å². The first kappa shape index (κ1) is 14.6. The van der Waals surface area contributed by atoms with Crippen molar-refractivity contribution in [3.63, 3.8) is 0 Å². The monoisotopic (exact) mass is 295 g/mol.